The number of carbonyl (C=O) groups is 1. The minimum absolute atomic E-state index is 0.134. The molecule has 2 atom stereocenters. The molecule has 6 nitrogen and oxygen atoms in total. The van der Waals surface area contributed by atoms with Crippen molar-refractivity contribution in [2.45, 2.75) is 31.7 Å². The topological polar surface area (TPSA) is 69.7 Å². The first-order valence-electron chi connectivity index (χ1n) is 8.25. The fourth-order valence-electron chi connectivity index (χ4n) is 3.21. The average molecular weight is 353 g/mol. The highest BCUT2D eigenvalue weighted by molar-refractivity contribution is 7.89. The van der Waals surface area contributed by atoms with Gasteiger partial charge in [0.2, 0.25) is 10.0 Å². The van der Waals surface area contributed by atoms with Gasteiger partial charge in [0.25, 0.3) is 0 Å². The van der Waals surface area contributed by atoms with Crippen LogP contribution in [0.4, 0.5) is 4.79 Å². The highest BCUT2D eigenvalue weighted by Gasteiger charge is 2.26. The predicted octanol–water partition coefficient (Wildman–Crippen LogP) is 2.12. The van der Waals surface area contributed by atoms with Crippen LogP contribution < -0.4 is 5.32 Å². The molecular formula is C17H27N3O3S. The summed E-state index contributed by atoms with van der Waals surface area (Å²) < 4.78 is 26.0. The molecule has 0 bridgehead atoms. The molecular weight excluding hydrogens is 326 g/mol. The van der Waals surface area contributed by atoms with Crippen LogP contribution in [-0.4, -0.2) is 50.8 Å². The second-order valence-electron chi connectivity index (χ2n) is 6.90. The zero-order valence-electron chi connectivity index (χ0n) is 14.8. The van der Waals surface area contributed by atoms with Crippen molar-refractivity contribution < 1.29 is 13.2 Å². The number of urea groups is 1. The quantitative estimate of drug-likeness (QED) is 0.901. The van der Waals surface area contributed by atoms with Crippen molar-refractivity contribution in [2.24, 2.45) is 11.8 Å². The Balaban J connectivity index is 2.09. The van der Waals surface area contributed by atoms with E-state index in [2.05, 4.69) is 19.2 Å². The molecule has 2 rings (SSSR count). The summed E-state index contributed by atoms with van der Waals surface area (Å²) in [5.41, 5.74) is 0.595. The lowest BCUT2D eigenvalue weighted by Gasteiger charge is -2.35. The predicted molar refractivity (Wildman–Crippen MR) is 94.1 cm³/mol. The highest BCUT2D eigenvalue weighted by Crippen LogP contribution is 2.21. The van der Waals surface area contributed by atoms with Crippen LogP contribution in [0.2, 0.25) is 0 Å². The third-order valence-electron chi connectivity index (χ3n) is 4.32. The lowest BCUT2D eigenvalue weighted by molar-refractivity contribution is 0.146. The number of nitrogens with one attached hydrogen (secondary N) is 1. The molecule has 1 N–H and O–H groups in total. The maximum Gasteiger partial charge on any atom is 0.317 e. The molecule has 1 aliphatic rings. The second kappa shape index (κ2) is 7.53. The Hall–Kier alpha value is -1.60. The molecule has 1 saturated heterocycles. The van der Waals surface area contributed by atoms with E-state index in [0.29, 0.717) is 17.4 Å². The molecule has 2 amide bonds. The van der Waals surface area contributed by atoms with E-state index < -0.39 is 10.0 Å². The van der Waals surface area contributed by atoms with Crippen molar-refractivity contribution in [3.63, 3.8) is 0 Å². The van der Waals surface area contributed by atoms with Gasteiger partial charge in [-0.1, -0.05) is 32.0 Å². The van der Waals surface area contributed by atoms with Gasteiger partial charge >= 0.3 is 6.03 Å². The summed E-state index contributed by atoms with van der Waals surface area (Å²) in [4.78, 5) is 14.5. The van der Waals surface area contributed by atoms with Crippen LogP contribution >= 0.6 is 0 Å². The maximum atomic E-state index is 12.4. The van der Waals surface area contributed by atoms with Crippen LogP contribution in [-0.2, 0) is 16.6 Å². The summed E-state index contributed by atoms with van der Waals surface area (Å²) in [6.45, 7) is 5.98. The van der Waals surface area contributed by atoms with Gasteiger partial charge in [-0.15, -0.1) is 0 Å². The number of hydrogen-bond donors (Lipinski definition) is 1. The van der Waals surface area contributed by atoms with Gasteiger partial charge in [0.15, 0.2) is 0 Å². The molecule has 1 aromatic rings. The van der Waals surface area contributed by atoms with Crippen LogP contribution in [0.25, 0.3) is 0 Å². The number of rotatable bonds is 4. The second-order valence-corrected chi connectivity index (χ2v) is 9.03. The lowest BCUT2D eigenvalue weighted by atomic mass is 9.92. The van der Waals surface area contributed by atoms with Crippen molar-refractivity contribution in [3.8, 4) is 0 Å². The van der Waals surface area contributed by atoms with Gasteiger partial charge in [0.1, 0.15) is 0 Å². The van der Waals surface area contributed by atoms with Gasteiger partial charge in [-0.3, -0.25) is 0 Å². The molecule has 24 heavy (non-hydrogen) atoms. The van der Waals surface area contributed by atoms with Gasteiger partial charge in [0.05, 0.1) is 4.90 Å². The number of sulfonamides is 1. The van der Waals surface area contributed by atoms with E-state index in [1.165, 1.54) is 18.4 Å². The molecule has 1 heterocycles. The van der Waals surface area contributed by atoms with Gasteiger partial charge in [-0.2, -0.15) is 0 Å². The Bertz CT molecular complexity index is 678. The largest absolute Gasteiger partial charge is 0.334 e. The van der Waals surface area contributed by atoms with Crippen LogP contribution in [0.15, 0.2) is 29.2 Å². The van der Waals surface area contributed by atoms with E-state index in [0.717, 1.165) is 19.5 Å². The van der Waals surface area contributed by atoms with E-state index in [9.17, 15) is 13.2 Å². The van der Waals surface area contributed by atoms with E-state index >= 15 is 0 Å². The number of nitrogens with zero attached hydrogens (tertiary/aromatic N) is 2. The Morgan fingerprint density at radius 3 is 2.38 bits per heavy atom. The number of likely N-dealkylation sites (tertiary alicyclic amines) is 1. The third kappa shape index (κ3) is 4.27. The Labute approximate surface area is 144 Å². The van der Waals surface area contributed by atoms with E-state index in [1.807, 2.05) is 4.90 Å². The van der Waals surface area contributed by atoms with Crippen molar-refractivity contribution in [2.75, 3.05) is 27.2 Å². The van der Waals surface area contributed by atoms with Gasteiger partial charge < -0.3 is 10.2 Å². The SMILES string of the molecule is CC1CC(C)CN(C(=O)NCc2ccccc2S(=O)(=O)N(C)C)C1. The summed E-state index contributed by atoms with van der Waals surface area (Å²) in [6.07, 6.45) is 1.13. The Morgan fingerprint density at radius 1 is 1.21 bits per heavy atom. The van der Waals surface area contributed by atoms with E-state index in [-0.39, 0.29) is 17.5 Å². The standard InChI is InChI=1S/C17H27N3O3S/c1-13-9-14(2)12-20(11-13)17(21)18-10-15-7-5-6-8-16(15)24(22,23)19(3)4/h5-8,13-14H,9-12H2,1-4H3,(H,18,21). The smallest absolute Gasteiger partial charge is 0.317 e. The first-order valence-corrected chi connectivity index (χ1v) is 9.69. The van der Waals surface area contributed by atoms with Gasteiger partial charge in [-0.05, 0) is 29.9 Å². The molecule has 1 aromatic carbocycles. The first kappa shape index (κ1) is 18.7. The number of amides is 2. The van der Waals surface area contributed by atoms with Gasteiger partial charge in [0, 0.05) is 33.7 Å². The Morgan fingerprint density at radius 2 is 1.79 bits per heavy atom. The van der Waals surface area contributed by atoms with Crippen LogP contribution in [0.3, 0.4) is 0 Å². The minimum atomic E-state index is -3.53. The van der Waals surface area contributed by atoms with Crippen LogP contribution in [0, 0.1) is 11.8 Å². The molecule has 0 saturated carbocycles. The normalized spacial score (nSPS) is 21.8. The molecule has 7 heteroatoms. The van der Waals surface area contributed by atoms with Crippen molar-refractivity contribution in [1.29, 1.82) is 0 Å². The van der Waals surface area contributed by atoms with E-state index in [4.69, 9.17) is 0 Å². The molecule has 1 fully saturated rings. The fraction of sp³-hybridized carbons (Fsp3) is 0.588. The molecule has 0 aromatic heterocycles. The monoisotopic (exact) mass is 353 g/mol. The molecule has 0 radical (unpaired) electrons. The summed E-state index contributed by atoms with van der Waals surface area (Å²) >= 11 is 0. The molecule has 2 unspecified atom stereocenters. The van der Waals surface area contributed by atoms with Crippen molar-refractivity contribution >= 4 is 16.1 Å². The molecule has 0 spiro atoms. The van der Waals surface area contributed by atoms with E-state index in [1.54, 1.807) is 24.3 Å². The summed E-state index contributed by atoms with van der Waals surface area (Å²) in [5.74, 6) is 0.974. The number of piperidine rings is 1. The average Bonchev–Trinajstić information content (AvgIpc) is 2.51. The van der Waals surface area contributed by atoms with Crippen LogP contribution in [0.5, 0.6) is 0 Å². The Kier molecular flexibility index (Phi) is 5.87. The lowest BCUT2D eigenvalue weighted by Crippen LogP contribution is -2.47. The summed E-state index contributed by atoms with van der Waals surface area (Å²) in [5, 5.41) is 2.87. The summed E-state index contributed by atoms with van der Waals surface area (Å²) in [6, 6.07) is 6.64. The van der Waals surface area contributed by atoms with Crippen molar-refractivity contribution in [1.82, 2.24) is 14.5 Å². The molecule has 1 aliphatic heterocycles. The number of hydrogen-bond acceptors (Lipinski definition) is 3. The zero-order valence-corrected chi connectivity index (χ0v) is 15.6. The maximum absolute atomic E-state index is 12.4. The number of carbonyl (C=O) groups excluding carboxylic acids is 1. The highest BCUT2D eigenvalue weighted by atomic mass is 32.2. The minimum Gasteiger partial charge on any atom is -0.334 e. The first-order chi connectivity index (χ1) is 11.2. The van der Waals surface area contributed by atoms with Crippen molar-refractivity contribution in [3.05, 3.63) is 29.8 Å². The number of benzene rings is 1. The van der Waals surface area contributed by atoms with Crippen LogP contribution in [0.1, 0.15) is 25.8 Å². The van der Waals surface area contributed by atoms with Gasteiger partial charge in [-0.25, -0.2) is 17.5 Å². The fourth-order valence-corrected chi connectivity index (χ4v) is 4.33. The summed E-state index contributed by atoms with van der Waals surface area (Å²) in [7, 11) is -0.527. The third-order valence-corrected chi connectivity index (χ3v) is 6.23. The molecule has 134 valence electrons. The zero-order chi connectivity index (χ0) is 17.9. The molecule has 0 aliphatic carbocycles.